The average Bonchev–Trinajstić information content (AvgIpc) is 3.19. The van der Waals surface area contributed by atoms with Gasteiger partial charge in [-0.15, -0.1) is 12.4 Å². The molecule has 2 atom stereocenters. The number of hydrogen-bond donors (Lipinski definition) is 2. The van der Waals surface area contributed by atoms with Crippen LogP contribution in [0.3, 0.4) is 0 Å². The maximum Gasteiger partial charge on any atom is 0.416 e. The second kappa shape index (κ2) is 7.55. The van der Waals surface area contributed by atoms with Gasteiger partial charge < -0.3 is 15.5 Å². The zero-order chi connectivity index (χ0) is 19.2. The van der Waals surface area contributed by atoms with Crippen molar-refractivity contribution in [3.63, 3.8) is 0 Å². The lowest BCUT2D eigenvalue weighted by atomic mass is 9.91. The Labute approximate surface area is 167 Å². The van der Waals surface area contributed by atoms with Gasteiger partial charge in [0, 0.05) is 24.6 Å². The molecule has 0 radical (unpaired) electrons. The van der Waals surface area contributed by atoms with E-state index in [1.54, 1.807) is 0 Å². The number of anilines is 1. The van der Waals surface area contributed by atoms with Crippen LogP contribution in [0.1, 0.15) is 31.2 Å². The fourth-order valence-corrected chi connectivity index (χ4v) is 4.40. The van der Waals surface area contributed by atoms with Crippen molar-refractivity contribution >= 4 is 29.9 Å². The third-order valence-corrected chi connectivity index (χ3v) is 6.06. The molecule has 1 aromatic rings. The number of hydrogen-bond acceptors (Lipinski definition) is 3. The average molecular weight is 418 g/mol. The van der Waals surface area contributed by atoms with E-state index < -0.39 is 11.7 Å². The quantitative estimate of drug-likeness (QED) is 0.795. The maximum absolute atomic E-state index is 12.9. The number of piperidine rings is 1. The summed E-state index contributed by atoms with van der Waals surface area (Å²) in [7, 11) is 0. The molecule has 28 heavy (non-hydrogen) atoms. The van der Waals surface area contributed by atoms with Gasteiger partial charge in [-0.25, -0.2) is 0 Å². The third kappa shape index (κ3) is 3.98. The zero-order valence-corrected chi connectivity index (χ0v) is 16.0. The number of benzene rings is 1. The summed E-state index contributed by atoms with van der Waals surface area (Å²) in [5.41, 5.74) is -0.461. The number of nitrogens with zero attached hydrogens (tertiary/aromatic N) is 1. The third-order valence-electron chi connectivity index (χ3n) is 6.06. The molecule has 154 valence electrons. The summed E-state index contributed by atoms with van der Waals surface area (Å²) >= 11 is 0. The number of carbonyl (C=O) groups excluding carboxylic acids is 2. The first-order valence-corrected chi connectivity index (χ1v) is 9.27. The van der Waals surface area contributed by atoms with E-state index in [0.717, 1.165) is 44.5 Å². The van der Waals surface area contributed by atoms with E-state index >= 15 is 0 Å². The van der Waals surface area contributed by atoms with Crippen LogP contribution in [0, 0.1) is 11.3 Å². The topological polar surface area (TPSA) is 61.4 Å². The number of amides is 2. The molecule has 2 amide bonds. The van der Waals surface area contributed by atoms with Crippen LogP contribution in [0.4, 0.5) is 18.9 Å². The molecule has 3 fully saturated rings. The molecule has 5 nitrogen and oxygen atoms in total. The molecule has 2 aliphatic heterocycles. The molecular formula is C19H23ClF3N3O2. The van der Waals surface area contributed by atoms with Crippen LogP contribution in [-0.4, -0.2) is 37.5 Å². The van der Waals surface area contributed by atoms with Gasteiger partial charge in [0.2, 0.25) is 11.8 Å². The van der Waals surface area contributed by atoms with Crippen LogP contribution in [0.15, 0.2) is 24.3 Å². The smallest absolute Gasteiger partial charge is 0.351 e. The van der Waals surface area contributed by atoms with E-state index in [1.807, 2.05) is 0 Å². The summed E-state index contributed by atoms with van der Waals surface area (Å²) in [5, 5.41) is 6.24. The molecule has 9 heteroatoms. The summed E-state index contributed by atoms with van der Waals surface area (Å²) in [6.45, 7) is 2.05. The minimum atomic E-state index is -4.46. The van der Waals surface area contributed by atoms with Crippen molar-refractivity contribution in [1.29, 1.82) is 0 Å². The zero-order valence-electron chi connectivity index (χ0n) is 15.2. The highest BCUT2D eigenvalue weighted by Gasteiger charge is 2.58. The van der Waals surface area contributed by atoms with E-state index in [4.69, 9.17) is 0 Å². The first-order valence-electron chi connectivity index (χ1n) is 9.27. The van der Waals surface area contributed by atoms with Crippen LogP contribution >= 0.6 is 12.4 Å². The van der Waals surface area contributed by atoms with Gasteiger partial charge in [0.05, 0.1) is 11.6 Å². The molecule has 2 saturated heterocycles. The first kappa shape index (κ1) is 20.9. The predicted molar refractivity (Wildman–Crippen MR) is 100 cm³/mol. The van der Waals surface area contributed by atoms with Crippen molar-refractivity contribution in [2.45, 2.75) is 37.9 Å². The molecule has 1 aromatic carbocycles. The minimum Gasteiger partial charge on any atom is -0.351 e. The summed E-state index contributed by atoms with van der Waals surface area (Å²) in [5.74, 6) is -0.301. The Balaban J connectivity index is 0.00000225. The Morgan fingerprint density at radius 2 is 1.96 bits per heavy atom. The molecule has 3 aliphatic rings. The molecule has 4 rings (SSSR count). The molecule has 2 heterocycles. The van der Waals surface area contributed by atoms with Gasteiger partial charge in [-0.2, -0.15) is 13.2 Å². The molecular weight excluding hydrogens is 395 g/mol. The van der Waals surface area contributed by atoms with Crippen LogP contribution in [0.2, 0.25) is 0 Å². The molecule has 0 aromatic heterocycles. The number of rotatable bonds is 3. The lowest BCUT2D eigenvalue weighted by molar-refractivity contribution is -0.137. The molecule has 2 unspecified atom stereocenters. The molecule has 1 spiro atoms. The van der Waals surface area contributed by atoms with Crippen LogP contribution in [0.25, 0.3) is 0 Å². The van der Waals surface area contributed by atoms with E-state index in [9.17, 15) is 22.8 Å². The van der Waals surface area contributed by atoms with Crippen molar-refractivity contribution < 1.29 is 22.8 Å². The number of carbonyl (C=O) groups is 2. The van der Waals surface area contributed by atoms with Gasteiger partial charge in [-0.05, 0) is 56.0 Å². The highest BCUT2D eigenvalue weighted by molar-refractivity contribution is 5.97. The highest BCUT2D eigenvalue weighted by atomic mass is 35.5. The standard InChI is InChI=1S/C19H22F3N3O2.ClH/c20-19(21,22)12-2-1-3-14(8-12)25-11-13(9-16(25)26)24-17(27)15-10-18(15)4-6-23-7-5-18;/h1-3,8,13,15,23H,4-7,9-11H2,(H,24,27);1H. The summed E-state index contributed by atoms with van der Waals surface area (Å²) in [6, 6.07) is 4.38. The van der Waals surface area contributed by atoms with Crippen LogP contribution < -0.4 is 15.5 Å². The SMILES string of the molecule is Cl.O=C(NC1CC(=O)N(c2cccc(C(F)(F)F)c2)C1)C1CC12CCNCC2. The van der Waals surface area contributed by atoms with Crippen molar-refractivity contribution in [3.8, 4) is 0 Å². The number of alkyl halides is 3. The normalized spacial score (nSPS) is 26.1. The second-order valence-corrected chi connectivity index (χ2v) is 7.83. The van der Waals surface area contributed by atoms with Gasteiger partial charge >= 0.3 is 6.18 Å². The van der Waals surface area contributed by atoms with Gasteiger partial charge in [-0.3, -0.25) is 9.59 Å². The summed E-state index contributed by atoms with van der Waals surface area (Å²) in [4.78, 5) is 26.2. The summed E-state index contributed by atoms with van der Waals surface area (Å²) < 4.78 is 38.7. The second-order valence-electron chi connectivity index (χ2n) is 7.83. The molecule has 0 bridgehead atoms. The Kier molecular flexibility index (Phi) is 5.64. The van der Waals surface area contributed by atoms with Gasteiger partial charge in [0.25, 0.3) is 0 Å². The fourth-order valence-electron chi connectivity index (χ4n) is 4.40. The van der Waals surface area contributed by atoms with E-state index in [2.05, 4.69) is 10.6 Å². The van der Waals surface area contributed by atoms with Crippen LogP contribution in [-0.2, 0) is 15.8 Å². The highest BCUT2D eigenvalue weighted by Crippen LogP contribution is 2.58. The van der Waals surface area contributed by atoms with Crippen molar-refractivity contribution in [3.05, 3.63) is 29.8 Å². The van der Waals surface area contributed by atoms with Gasteiger partial charge in [0.15, 0.2) is 0 Å². The maximum atomic E-state index is 12.9. The van der Waals surface area contributed by atoms with Crippen LogP contribution in [0.5, 0.6) is 0 Å². The van der Waals surface area contributed by atoms with Gasteiger partial charge in [-0.1, -0.05) is 6.07 Å². The van der Waals surface area contributed by atoms with Crippen molar-refractivity contribution in [2.75, 3.05) is 24.5 Å². The Hall–Kier alpha value is -1.80. The van der Waals surface area contributed by atoms with E-state index in [1.165, 1.54) is 17.0 Å². The van der Waals surface area contributed by atoms with Crippen molar-refractivity contribution in [1.82, 2.24) is 10.6 Å². The summed E-state index contributed by atoms with van der Waals surface area (Å²) in [6.07, 6.45) is -1.47. The molecule has 1 aliphatic carbocycles. The fraction of sp³-hybridized carbons (Fsp3) is 0.579. The van der Waals surface area contributed by atoms with E-state index in [0.29, 0.717) is 0 Å². The number of halogens is 4. The lowest BCUT2D eigenvalue weighted by Gasteiger charge is -2.23. The predicted octanol–water partition coefficient (Wildman–Crippen LogP) is 2.74. The molecule has 1 saturated carbocycles. The first-order chi connectivity index (χ1) is 12.8. The monoisotopic (exact) mass is 417 g/mol. The Morgan fingerprint density at radius 3 is 2.64 bits per heavy atom. The minimum absolute atomic E-state index is 0. The van der Waals surface area contributed by atoms with E-state index in [-0.39, 0.29) is 60.2 Å². The Bertz CT molecular complexity index is 765. The Morgan fingerprint density at radius 1 is 1.25 bits per heavy atom. The lowest BCUT2D eigenvalue weighted by Crippen LogP contribution is -2.40. The largest absolute Gasteiger partial charge is 0.416 e. The number of nitrogens with one attached hydrogen (secondary N) is 2. The molecule has 2 N–H and O–H groups in total. The van der Waals surface area contributed by atoms with Crippen molar-refractivity contribution in [2.24, 2.45) is 11.3 Å². The van der Waals surface area contributed by atoms with Gasteiger partial charge in [0.1, 0.15) is 0 Å².